The second kappa shape index (κ2) is 15.6. The highest BCUT2D eigenvalue weighted by Gasteiger charge is 2.56. The first-order valence-corrected chi connectivity index (χ1v) is 17.9. The molecule has 2 aromatic rings. The molecule has 3 rings (SSSR count). The Bertz CT molecular complexity index is 1360. The Morgan fingerprint density at radius 1 is 0.913 bits per heavy atom. The Balaban J connectivity index is 1.83. The minimum Gasteiger partial charge on any atom is -0.480 e. The van der Waals surface area contributed by atoms with E-state index in [9.17, 15) is 24.1 Å². The molecule has 11 heteroatoms. The largest absolute Gasteiger partial charge is 0.480 e. The number of imide groups is 1. The van der Waals surface area contributed by atoms with Crippen molar-refractivity contribution in [3.8, 4) is 11.1 Å². The molecule has 0 saturated carbocycles. The molecule has 1 aliphatic heterocycles. The summed E-state index contributed by atoms with van der Waals surface area (Å²) in [4.78, 5) is 42.1. The van der Waals surface area contributed by atoms with Crippen LogP contribution in [-0.2, 0) is 29.9 Å². The van der Waals surface area contributed by atoms with Crippen molar-refractivity contribution in [2.75, 3.05) is 32.4 Å². The van der Waals surface area contributed by atoms with Gasteiger partial charge in [-0.3, -0.25) is 14.3 Å². The van der Waals surface area contributed by atoms with Crippen LogP contribution in [0.4, 0.5) is 9.59 Å². The number of rotatable bonds is 11. The van der Waals surface area contributed by atoms with E-state index >= 15 is 0 Å². The van der Waals surface area contributed by atoms with Gasteiger partial charge in [-0.25, -0.2) is 14.5 Å². The number of benzene rings is 2. The van der Waals surface area contributed by atoms with E-state index in [-0.39, 0.29) is 45.1 Å². The van der Waals surface area contributed by atoms with Gasteiger partial charge in [0, 0.05) is 25.8 Å². The molecular weight excluding hydrogens is 607 g/mol. The van der Waals surface area contributed by atoms with Crippen molar-refractivity contribution >= 4 is 25.5 Å². The van der Waals surface area contributed by atoms with Crippen LogP contribution in [0.1, 0.15) is 79.7 Å². The van der Waals surface area contributed by atoms with Gasteiger partial charge in [0.1, 0.15) is 11.2 Å². The van der Waals surface area contributed by atoms with E-state index in [2.05, 4.69) is 11.0 Å². The zero-order chi connectivity index (χ0) is 34.2. The molecular formula is C35H51N2O8P. The standard InChI is InChI=1S/C35H51N2O8P/c1-8-43-46(42)23-15-21-36(25-27-16-14-19-29(24-27)28-17-10-9-11-18-28)26-35(46,30(38)39)20-12-13-22-37(31(40)44-33(2,3)4)32(41)45-34(5,6)7/h9-11,14,16-19,24H,8,12-13,15,20-23,25-26H2,1-7H3,(H,38,39). The van der Waals surface area contributed by atoms with Gasteiger partial charge < -0.3 is 19.1 Å². The van der Waals surface area contributed by atoms with Crippen molar-refractivity contribution in [2.45, 2.75) is 97.1 Å². The molecule has 2 amide bonds. The second-order valence-electron chi connectivity index (χ2n) is 13.9. The predicted octanol–water partition coefficient (Wildman–Crippen LogP) is 8.04. The van der Waals surface area contributed by atoms with Gasteiger partial charge >= 0.3 is 18.2 Å². The number of carboxylic acids is 1. The van der Waals surface area contributed by atoms with Gasteiger partial charge in [0.05, 0.1) is 6.61 Å². The predicted molar refractivity (Wildman–Crippen MR) is 179 cm³/mol. The van der Waals surface area contributed by atoms with Crippen LogP contribution in [0.3, 0.4) is 0 Å². The zero-order valence-electron chi connectivity index (χ0n) is 28.4. The lowest BCUT2D eigenvalue weighted by Crippen LogP contribution is -2.48. The molecule has 1 fully saturated rings. The van der Waals surface area contributed by atoms with Crippen LogP contribution in [0.25, 0.3) is 11.1 Å². The van der Waals surface area contributed by atoms with Crippen molar-refractivity contribution in [3.63, 3.8) is 0 Å². The van der Waals surface area contributed by atoms with Crippen LogP contribution >= 0.6 is 7.37 Å². The van der Waals surface area contributed by atoms with E-state index in [1.165, 1.54) is 0 Å². The van der Waals surface area contributed by atoms with E-state index in [0.29, 0.717) is 19.5 Å². The van der Waals surface area contributed by atoms with Crippen molar-refractivity contribution < 1.29 is 38.1 Å². The SMILES string of the molecule is CCOP1(=O)CCCN(Cc2cccc(-c3ccccc3)c2)CC1(CCCCN(C(=O)OC(C)(C)C)C(=O)OC(C)(C)C)C(=O)O. The molecule has 46 heavy (non-hydrogen) atoms. The van der Waals surface area contributed by atoms with E-state index < -0.39 is 41.9 Å². The smallest absolute Gasteiger partial charge is 0.419 e. The Morgan fingerprint density at radius 3 is 2.09 bits per heavy atom. The van der Waals surface area contributed by atoms with Gasteiger partial charge in [-0.2, -0.15) is 0 Å². The van der Waals surface area contributed by atoms with Crippen LogP contribution in [0, 0.1) is 0 Å². The Labute approximate surface area is 273 Å². The molecule has 0 aromatic heterocycles. The molecule has 2 atom stereocenters. The van der Waals surface area contributed by atoms with Gasteiger partial charge in [-0.15, -0.1) is 0 Å². The summed E-state index contributed by atoms with van der Waals surface area (Å²) in [6, 6.07) is 18.2. The van der Waals surface area contributed by atoms with Crippen LogP contribution < -0.4 is 0 Å². The number of ether oxygens (including phenoxy) is 2. The first-order valence-electron chi connectivity index (χ1n) is 16.1. The molecule has 1 N–H and O–H groups in total. The Hall–Kier alpha value is -3.20. The number of hydrogen-bond donors (Lipinski definition) is 1. The lowest BCUT2D eigenvalue weighted by molar-refractivity contribution is -0.141. The van der Waals surface area contributed by atoms with Crippen molar-refractivity contribution in [2.24, 2.45) is 0 Å². The van der Waals surface area contributed by atoms with E-state index in [1.54, 1.807) is 48.5 Å². The van der Waals surface area contributed by atoms with Crippen LogP contribution in [0.5, 0.6) is 0 Å². The monoisotopic (exact) mass is 658 g/mol. The zero-order valence-corrected chi connectivity index (χ0v) is 29.3. The summed E-state index contributed by atoms with van der Waals surface area (Å²) in [5.74, 6) is -1.16. The number of amides is 2. The maximum absolute atomic E-state index is 14.5. The van der Waals surface area contributed by atoms with Crippen molar-refractivity contribution in [3.05, 3.63) is 60.2 Å². The third kappa shape index (κ3) is 10.1. The van der Waals surface area contributed by atoms with Crippen LogP contribution in [-0.4, -0.2) is 81.8 Å². The highest BCUT2D eigenvalue weighted by Crippen LogP contribution is 2.63. The highest BCUT2D eigenvalue weighted by atomic mass is 31.2. The summed E-state index contributed by atoms with van der Waals surface area (Å²) in [6.07, 6.45) is -0.384. The molecule has 1 saturated heterocycles. The molecule has 2 aromatic carbocycles. The average molecular weight is 659 g/mol. The van der Waals surface area contributed by atoms with E-state index in [1.807, 2.05) is 48.5 Å². The molecule has 1 aliphatic rings. The summed E-state index contributed by atoms with van der Waals surface area (Å²) in [7, 11) is -3.65. The fourth-order valence-corrected chi connectivity index (χ4v) is 8.68. The lowest BCUT2D eigenvalue weighted by atomic mass is 9.99. The summed E-state index contributed by atoms with van der Waals surface area (Å²) in [5, 5.41) is 9.10. The topological polar surface area (TPSA) is 123 Å². The van der Waals surface area contributed by atoms with Crippen molar-refractivity contribution in [1.82, 2.24) is 9.80 Å². The van der Waals surface area contributed by atoms with Gasteiger partial charge in [-0.05, 0) is 103 Å². The third-order valence-electron chi connectivity index (χ3n) is 7.69. The van der Waals surface area contributed by atoms with Gasteiger partial charge in [0.25, 0.3) is 0 Å². The lowest BCUT2D eigenvalue weighted by Gasteiger charge is -2.37. The number of unbranched alkanes of at least 4 members (excludes halogenated alkanes) is 1. The molecule has 0 spiro atoms. The Kier molecular flexibility index (Phi) is 12.6. The molecule has 10 nitrogen and oxygen atoms in total. The third-order valence-corrected chi connectivity index (χ3v) is 11.1. The molecule has 0 radical (unpaired) electrons. The number of hydrogen-bond acceptors (Lipinski definition) is 8. The van der Waals surface area contributed by atoms with Gasteiger partial charge in [0.15, 0.2) is 5.16 Å². The van der Waals surface area contributed by atoms with Crippen molar-refractivity contribution in [1.29, 1.82) is 0 Å². The highest BCUT2D eigenvalue weighted by molar-refractivity contribution is 7.61. The van der Waals surface area contributed by atoms with Gasteiger partial charge in [-0.1, -0.05) is 48.5 Å². The second-order valence-corrected chi connectivity index (χ2v) is 16.8. The maximum Gasteiger partial charge on any atom is 0.419 e. The van der Waals surface area contributed by atoms with E-state index in [4.69, 9.17) is 14.0 Å². The normalized spacial score (nSPS) is 20.8. The number of carbonyl (C=O) groups excluding carboxylic acids is 2. The summed E-state index contributed by atoms with van der Waals surface area (Å²) < 4.78 is 31.2. The molecule has 2 unspecified atom stereocenters. The number of aliphatic carboxylic acids is 1. The fourth-order valence-electron chi connectivity index (χ4n) is 5.69. The fraction of sp³-hybridized carbons (Fsp3) is 0.571. The number of carboxylic acid groups (broad SMARTS) is 1. The molecule has 0 bridgehead atoms. The van der Waals surface area contributed by atoms with E-state index in [0.717, 1.165) is 21.6 Å². The summed E-state index contributed by atoms with van der Waals surface area (Å²) in [5.41, 5.74) is 1.52. The first kappa shape index (κ1) is 37.3. The quantitative estimate of drug-likeness (QED) is 0.189. The maximum atomic E-state index is 14.5. The summed E-state index contributed by atoms with van der Waals surface area (Å²) >= 11 is 0. The van der Waals surface area contributed by atoms with Crippen LogP contribution in [0.2, 0.25) is 0 Å². The van der Waals surface area contributed by atoms with Crippen LogP contribution in [0.15, 0.2) is 54.6 Å². The minimum atomic E-state index is -3.65. The Morgan fingerprint density at radius 2 is 1.52 bits per heavy atom. The minimum absolute atomic E-state index is 0.0472. The number of carbonyl (C=O) groups is 3. The molecule has 0 aliphatic carbocycles. The first-order chi connectivity index (χ1) is 21.5. The average Bonchev–Trinajstić information content (AvgIpc) is 3.08. The molecule has 1 heterocycles. The number of nitrogens with zero attached hydrogens (tertiary/aromatic N) is 2. The van der Waals surface area contributed by atoms with Gasteiger partial charge in [0.2, 0.25) is 7.37 Å². The summed E-state index contributed by atoms with van der Waals surface area (Å²) in [6.45, 7) is 13.2. The molecule has 254 valence electrons.